The SMILES string of the molecule is Cn1c2c(sc1=O)[C@@H](c1ccc3c(c1)OCO3)CC(=O)N2c1ccc(F)cc1. The quantitative estimate of drug-likeness (QED) is 0.663. The molecule has 0 aliphatic carbocycles. The van der Waals surface area contributed by atoms with E-state index in [4.69, 9.17) is 9.47 Å². The van der Waals surface area contributed by atoms with Crippen LogP contribution in [0.4, 0.5) is 15.9 Å². The minimum Gasteiger partial charge on any atom is -0.454 e. The van der Waals surface area contributed by atoms with E-state index in [-0.39, 0.29) is 35.7 Å². The third-order valence-electron chi connectivity index (χ3n) is 5.05. The molecule has 2 aliphatic rings. The molecule has 2 aromatic carbocycles. The van der Waals surface area contributed by atoms with Gasteiger partial charge in [-0.05, 0) is 42.0 Å². The fraction of sp³-hybridized carbons (Fsp3) is 0.200. The predicted molar refractivity (Wildman–Crippen MR) is 102 cm³/mol. The molecule has 2 aliphatic heterocycles. The fourth-order valence-electron chi connectivity index (χ4n) is 3.68. The number of rotatable bonds is 2. The molecule has 0 unspecified atom stereocenters. The molecule has 0 radical (unpaired) electrons. The molecule has 1 aromatic heterocycles. The second kappa shape index (κ2) is 6.20. The Morgan fingerprint density at radius 1 is 1.07 bits per heavy atom. The molecular weight excluding hydrogens is 383 g/mol. The highest BCUT2D eigenvalue weighted by molar-refractivity contribution is 7.10. The average Bonchev–Trinajstić information content (AvgIpc) is 3.27. The number of hydrogen-bond donors (Lipinski definition) is 0. The lowest BCUT2D eigenvalue weighted by Gasteiger charge is -2.32. The van der Waals surface area contributed by atoms with Crippen LogP contribution in [0.25, 0.3) is 0 Å². The first kappa shape index (κ1) is 17.0. The van der Waals surface area contributed by atoms with Gasteiger partial charge in [-0.15, -0.1) is 0 Å². The maximum absolute atomic E-state index is 13.3. The highest BCUT2D eigenvalue weighted by Crippen LogP contribution is 2.46. The smallest absolute Gasteiger partial charge is 0.308 e. The third kappa shape index (κ3) is 2.52. The van der Waals surface area contributed by atoms with Gasteiger partial charge in [-0.25, -0.2) is 4.39 Å². The number of amides is 1. The minimum atomic E-state index is -0.383. The number of thiazole rings is 1. The molecule has 0 fully saturated rings. The molecule has 28 heavy (non-hydrogen) atoms. The van der Waals surface area contributed by atoms with Crippen LogP contribution in [0.1, 0.15) is 22.8 Å². The summed E-state index contributed by atoms with van der Waals surface area (Å²) in [6, 6.07) is 11.3. The first-order chi connectivity index (χ1) is 13.5. The van der Waals surface area contributed by atoms with Gasteiger partial charge in [0.05, 0.1) is 10.6 Å². The Bertz CT molecular complexity index is 1150. The van der Waals surface area contributed by atoms with E-state index >= 15 is 0 Å². The molecule has 6 nitrogen and oxygen atoms in total. The number of ether oxygens (including phenoxy) is 2. The summed E-state index contributed by atoms with van der Waals surface area (Å²) in [6.07, 6.45) is 0.198. The standard InChI is InChI=1S/C20H15FN2O4S/c1-22-19-18(28-20(22)25)14(11-2-7-15-16(8-11)27-10-26-15)9-17(24)23(19)13-5-3-12(21)4-6-13/h2-8,14H,9-10H2,1H3/t14-/m1/s1. The summed E-state index contributed by atoms with van der Waals surface area (Å²) in [6.45, 7) is 0.171. The monoisotopic (exact) mass is 398 g/mol. The van der Waals surface area contributed by atoms with Gasteiger partial charge in [0, 0.05) is 19.4 Å². The van der Waals surface area contributed by atoms with Gasteiger partial charge >= 0.3 is 4.87 Å². The van der Waals surface area contributed by atoms with Gasteiger partial charge in [0.25, 0.3) is 0 Å². The van der Waals surface area contributed by atoms with Crippen molar-refractivity contribution in [3.63, 3.8) is 0 Å². The van der Waals surface area contributed by atoms with Crippen LogP contribution >= 0.6 is 11.3 Å². The Labute approximate surface area is 163 Å². The van der Waals surface area contributed by atoms with E-state index in [1.54, 1.807) is 19.2 Å². The summed E-state index contributed by atoms with van der Waals surface area (Å²) in [5, 5.41) is 0. The van der Waals surface area contributed by atoms with Gasteiger partial charge in [-0.2, -0.15) is 0 Å². The number of fused-ring (bicyclic) bond motifs is 2. The fourth-order valence-corrected chi connectivity index (χ4v) is 4.77. The zero-order chi connectivity index (χ0) is 19.4. The van der Waals surface area contributed by atoms with Crippen LogP contribution in [0, 0.1) is 5.82 Å². The number of carbonyl (C=O) groups excluding carboxylic acids is 1. The molecule has 3 heterocycles. The largest absolute Gasteiger partial charge is 0.454 e. The lowest BCUT2D eigenvalue weighted by atomic mass is 9.90. The molecule has 0 saturated heterocycles. The number of hydrogen-bond acceptors (Lipinski definition) is 5. The van der Waals surface area contributed by atoms with Crippen molar-refractivity contribution in [2.75, 3.05) is 11.7 Å². The molecule has 8 heteroatoms. The van der Waals surface area contributed by atoms with E-state index in [1.807, 2.05) is 18.2 Å². The lowest BCUT2D eigenvalue weighted by Crippen LogP contribution is -2.34. The van der Waals surface area contributed by atoms with Crippen LogP contribution in [0.5, 0.6) is 11.5 Å². The number of nitrogens with zero attached hydrogens (tertiary/aromatic N) is 2. The highest BCUT2D eigenvalue weighted by Gasteiger charge is 2.37. The first-order valence-electron chi connectivity index (χ1n) is 8.70. The van der Waals surface area contributed by atoms with Crippen LogP contribution in [-0.4, -0.2) is 17.3 Å². The molecule has 1 atom stereocenters. The van der Waals surface area contributed by atoms with Gasteiger partial charge in [0.1, 0.15) is 11.6 Å². The molecule has 3 aromatic rings. The number of carbonyl (C=O) groups is 1. The molecule has 0 spiro atoms. The number of halogens is 1. The number of benzene rings is 2. The lowest BCUT2D eigenvalue weighted by molar-refractivity contribution is -0.118. The topological polar surface area (TPSA) is 60.8 Å². The van der Waals surface area contributed by atoms with E-state index in [0.717, 1.165) is 21.8 Å². The van der Waals surface area contributed by atoms with Crippen molar-refractivity contribution in [3.05, 3.63) is 68.4 Å². The second-order valence-electron chi connectivity index (χ2n) is 6.69. The molecular formula is C20H15FN2O4S. The molecule has 142 valence electrons. The van der Waals surface area contributed by atoms with Crippen molar-refractivity contribution in [2.24, 2.45) is 7.05 Å². The van der Waals surface area contributed by atoms with Gasteiger partial charge in [-0.3, -0.25) is 19.1 Å². The van der Waals surface area contributed by atoms with E-state index in [0.29, 0.717) is 23.0 Å². The van der Waals surface area contributed by atoms with Crippen LogP contribution < -0.4 is 19.2 Å². The van der Waals surface area contributed by atoms with E-state index in [9.17, 15) is 14.0 Å². The normalized spacial score (nSPS) is 17.7. The van der Waals surface area contributed by atoms with E-state index < -0.39 is 0 Å². The van der Waals surface area contributed by atoms with Crippen LogP contribution in [0.3, 0.4) is 0 Å². The molecule has 5 rings (SSSR count). The van der Waals surface area contributed by atoms with Crippen molar-refractivity contribution < 1.29 is 18.7 Å². The summed E-state index contributed by atoms with van der Waals surface area (Å²) in [4.78, 5) is 27.7. The Balaban J connectivity index is 1.65. The maximum Gasteiger partial charge on any atom is 0.308 e. The molecule has 0 N–H and O–H groups in total. The van der Waals surface area contributed by atoms with Crippen molar-refractivity contribution in [2.45, 2.75) is 12.3 Å². The van der Waals surface area contributed by atoms with Crippen LogP contribution in [0.2, 0.25) is 0 Å². The van der Waals surface area contributed by atoms with Crippen molar-refractivity contribution >= 4 is 28.7 Å². The maximum atomic E-state index is 13.3. The Morgan fingerprint density at radius 3 is 2.61 bits per heavy atom. The number of aromatic nitrogens is 1. The highest BCUT2D eigenvalue weighted by atomic mass is 32.1. The number of anilines is 2. The van der Waals surface area contributed by atoms with Gasteiger partial charge in [0.2, 0.25) is 12.7 Å². The molecule has 1 amide bonds. The second-order valence-corrected chi connectivity index (χ2v) is 7.68. The summed E-state index contributed by atoms with van der Waals surface area (Å²) in [5.74, 6) is 1.03. The predicted octanol–water partition coefficient (Wildman–Crippen LogP) is 3.51. The summed E-state index contributed by atoms with van der Waals surface area (Å²) in [5.41, 5.74) is 1.42. The minimum absolute atomic E-state index is 0.155. The van der Waals surface area contributed by atoms with Crippen LogP contribution in [-0.2, 0) is 11.8 Å². The van der Waals surface area contributed by atoms with Crippen molar-refractivity contribution in [3.8, 4) is 11.5 Å². The third-order valence-corrected chi connectivity index (χ3v) is 6.18. The molecule has 0 bridgehead atoms. The van der Waals surface area contributed by atoms with Gasteiger partial charge in [0.15, 0.2) is 11.5 Å². The Morgan fingerprint density at radius 2 is 1.82 bits per heavy atom. The Kier molecular flexibility index (Phi) is 3.77. The van der Waals surface area contributed by atoms with Crippen molar-refractivity contribution in [1.82, 2.24) is 4.57 Å². The van der Waals surface area contributed by atoms with Gasteiger partial charge in [-0.1, -0.05) is 17.4 Å². The zero-order valence-electron chi connectivity index (χ0n) is 14.8. The first-order valence-corrected chi connectivity index (χ1v) is 9.52. The van der Waals surface area contributed by atoms with Crippen molar-refractivity contribution in [1.29, 1.82) is 0 Å². The van der Waals surface area contributed by atoms with Crippen LogP contribution in [0.15, 0.2) is 47.3 Å². The summed E-state index contributed by atoms with van der Waals surface area (Å²) >= 11 is 1.12. The Hall–Kier alpha value is -3.13. The zero-order valence-corrected chi connectivity index (χ0v) is 15.7. The van der Waals surface area contributed by atoms with E-state index in [2.05, 4.69) is 0 Å². The summed E-state index contributed by atoms with van der Waals surface area (Å²) in [7, 11) is 1.64. The summed E-state index contributed by atoms with van der Waals surface area (Å²) < 4.78 is 25.6. The van der Waals surface area contributed by atoms with E-state index in [1.165, 1.54) is 21.6 Å². The van der Waals surface area contributed by atoms with Gasteiger partial charge < -0.3 is 9.47 Å². The molecule has 0 saturated carbocycles. The average molecular weight is 398 g/mol.